The standard InChI is InChI=1S/C17H31NOS/c18-16(13-20-15-6-2-3-7-15)14-8-11-19-17(12-14)9-4-1-5-10-17/h14-16H,1-13,18H2. The van der Waals surface area contributed by atoms with Crippen LogP contribution in [0.2, 0.25) is 0 Å². The van der Waals surface area contributed by atoms with Crippen LogP contribution >= 0.6 is 11.8 Å². The van der Waals surface area contributed by atoms with E-state index in [1.54, 1.807) is 0 Å². The molecule has 3 fully saturated rings. The van der Waals surface area contributed by atoms with Crippen LogP contribution in [-0.2, 0) is 4.74 Å². The largest absolute Gasteiger partial charge is 0.375 e. The van der Waals surface area contributed by atoms with Crippen molar-refractivity contribution in [1.82, 2.24) is 0 Å². The predicted molar refractivity (Wildman–Crippen MR) is 87.2 cm³/mol. The molecule has 0 radical (unpaired) electrons. The quantitative estimate of drug-likeness (QED) is 0.848. The van der Waals surface area contributed by atoms with Gasteiger partial charge in [-0.2, -0.15) is 11.8 Å². The van der Waals surface area contributed by atoms with Crippen LogP contribution in [0.3, 0.4) is 0 Å². The molecule has 0 bridgehead atoms. The Balaban J connectivity index is 1.47. The van der Waals surface area contributed by atoms with Gasteiger partial charge in [-0.05, 0) is 44.4 Å². The first-order valence-electron chi connectivity index (χ1n) is 8.79. The van der Waals surface area contributed by atoms with E-state index in [1.807, 2.05) is 0 Å². The number of thioether (sulfide) groups is 1. The van der Waals surface area contributed by atoms with Crippen molar-refractivity contribution in [3.8, 4) is 0 Å². The number of rotatable bonds is 4. The second kappa shape index (κ2) is 7.02. The van der Waals surface area contributed by atoms with Gasteiger partial charge in [0, 0.05) is 23.7 Å². The molecule has 3 aliphatic rings. The van der Waals surface area contributed by atoms with Gasteiger partial charge < -0.3 is 10.5 Å². The SMILES string of the molecule is NC(CSC1CCCC1)C1CCOC2(CCCCC2)C1. The third kappa shape index (κ3) is 3.72. The van der Waals surface area contributed by atoms with Crippen LogP contribution in [0.4, 0.5) is 0 Å². The average Bonchev–Trinajstić information content (AvgIpc) is 2.99. The zero-order chi connectivity index (χ0) is 13.8. The zero-order valence-corrected chi connectivity index (χ0v) is 13.6. The summed E-state index contributed by atoms with van der Waals surface area (Å²) in [6, 6.07) is 0.392. The number of hydrogen-bond donors (Lipinski definition) is 1. The van der Waals surface area contributed by atoms with Crippen molar-refractivity contribution < 1.29 is 4.74 Å². The van der Waals surface area contributed by atoms with E-state index >= 15 is 0 Å². The van der Waals surface area contributed by atoms with Crippen LogP contribution in [0.1, 0.15) is 70.6 Å². The first kappa shape index (κ1) is 15.2. The van der Waals surface area contributed by atoms with Crippen LogP contribution in [0, 0.1) is 5.92 Å². The lowest BCUT2D eigenvalue weighted by molar-refractivity contribution is -0.119. The maximum atomic E-state index is 6.54. The molecule has 1 heterocycles. The molecule has 0 aromatic heterocycles. The van der Waals surface area contributed by atoms with E-state index in [-0.39, 0.29) is 5.60 Å². The van der Waals surface area contributed by atoms with E-state index < -0.39 is 0 Å². The fraction of sp³-hybridized carbons (Fsp3) is 1.00. The zero-order valence-electron chi connectivity index (χ0n) is 12.8. The van der Waals surface area contributed by atoms with Crippen LogP contribution < -0.4 is 5.73 Å². The Labute approximate surface area is 128 Å². The molecule has 20 heavy (non-hydrogen) atoms. The summed E-state index contributed by atoms with van der Waals surface area (Å²) >= 11 is 2.16. The first-order valence-corrected chi connectivity index (χ1v) is 9.83. The summed E-state index contributed by atoms with van der Waals surface area (Å²) in [5.41, 5.74) is 6.76. The summed E-state index contributed by atoms with van der Waals surface area (Å²) in [4.78, 5) is 0. The summed E-state index contributed by atoms with van der Waals surface area (Å²) in [6.07, 6.45) is 14.8. The van der Waals surface area contributed by atoms with E-state index in [1.165, 1.54) is 76.4 Å². The molecular formula is C17H31NOS. The highest BCUT2D eigenvalue weighted by molar-refractivity contribution is 7.99. The van der Waals surface area contributed by atoms with Gasteiger partial charge >= 0.3 is 0 Å². The van der Waals surface area contributed by atoms with E-state index in [0.717, 1.165) is 11.9 Å². The van der Waals surface area contributed by atoms with Gasteiger partial charge in [0.05, 0.1) is 5.60 Å². The third-order valence-electron chi connectivity index (χ3n) is 5.73. The fourth-order valence-electron chi connectivity index (χ4n) is 4.41. The second-order valence-corrected chi connectivity index (χ2v) is 8.58. The lowest BCUT2D eigenvalue weighted by Crippen LogP contribution is -2.47. The molecule has 116 valence electrons. The first-order chi connectivity index (χ1) is 9.77. The van der Waals surface area contributed by atoms with Gasteiger partial charge in [-0.3, -0.25) is 0 Å². The Kier molecular flexibility index (Phi) is 5.33. The fourth-order valence-corrected chi connectivity index (χ4v) is 5.85. The molecule has 1 spiro atoms. The minimum absolute atomic E-state index is 0.219. The minimum Gasteiger partial charge on any atom is -0.375 e. The lowest BCUT2D eigenvalue weighted by Gasteiger charge is -2.45. The molecule has 2 saturated carbocycles. The number of nitrogens with two attached hydrogens (primary N) is 1. The molecule has 1 saturated heterocycles. The molecular weight excluding hydrogens is 266 g/mol. The van der Waals surface area contributed by atoms with Crippen LogP contribution in [0.5, 0.6) is 0 Å². The average molecular weight is 298 g/mol. The monoisotopic (exact) mass is 297 g/mol. The lowest BCUT2D eigenvalue weighted by atomic mass is 9.74. The summed E-state index contributed by atoms with van der Waals surface area (Å²) < 4.78 is 6.20. The van der Waals surface area contributed by atoms with Crippen molar-refractivity contribution >= 4 is 11.8 Å². The van der Waals surface area contributed by atoms with E-state index in [9.17, 15) is 0 Å². The van der Waals surface area contributed by atoms with Gasteiger partial charge in [-0.1, -0.05) is 32.1 Å². The highest BCUT2D eigenvalue weighted by Crippen LogP contribution is 2.42. The van der Waals surface area contributed by atoms with E-state index in [4.69, 9.17) is 10.5 Å². The topological polar surface area (TPSA) is 35.2 Å². The Hall–Kier alpha value is 0.270. The maximum Gasteiger partial charge on any atom is 0.0685 e. The smallest absolute Gasteiger partial charge is 0.0685 e. The third-order valence-corrected chi connectivity index (χ3v) is 7.25. The summed E-state index contributed by atoms with van der Waals surface area (Å²) in [7, 11) is 0. The molecule has 2 N–H and O–H groups in total. The molecule has 1 aliphatic heterocycles. The van der Waals surface area contributed by atoms with Crippen LogP contribution in [-0.4, -0.2) is 29.3 Å². The van der Waals surface area contributed by atoms with Gasteiger partial charge in [-0.25, -0.2) is 0 Å². The Morgan fingerprint density at radius 1 is 1.05 bits per heavy atom. The normalized spacial score (nSPS) is 32.5. The van der Waals surface area contributed by atoms with Crippen LogP contribution in [0.15, 0.2) is 0 Å². The molecule has 2 aliphatic carbocycles. The van der Waals surface area contributed by atoms with Gasteiger partial charge in [-0.15, -0.1) is 0 Å². The molecule has 2 atom stereocenters. The molecule has 0 aromatic carbocycles. The molecule has 2 unspecified atom stereocenters. The summed E-state index contributed by atoms with van der Waals surface area (Å²) in [5, 5.41) is 0.907. The molecule has 2 nitrogen and oxygen atoms in total. The Morgan fingerprint density at radius 2 is 1.80 bits per heavy atom. The van der Waals surface area contributed by atoms with Gasteiger partial charge in [0.15, 0.2) is 0 Å². The van der Waals surface area contributed by atoms with E-state index in [0.29, 0.717) is 12.0 Å². The van der Waals surface area contributed by atoms with Crippen molar-refractivity contribution in [3.05, 3.63) is 0 Å². The van der Waals surface area contributed by atoms with Crippen molar-refractivity contribution in [2.75, 3.05) is 12.4 Å². The van der Waals surface area contributed by atoms with E-state index in [2.05, 4.69) is 11.8 Å². The maximum absolute atomic E-state index is 6.54. The van der Waals surface area contributed by atoms with Crippen LogP contribution in [0.25, 0.3) is 0 Å². The number of ether oxygens (including phenoxy) is 1. The highest BCUT2D eigenvalue weighted by atomic mass is 32.2. The van der Waals surface area contributed by atoms with Crippen molar-refractivity contribution in [2.45, 2.75) is 87.5 Å². The van der Waals surface area contributed by atoms with Gasteiger partial charge in [0.2, 0.25) is 0 Å². The summed E-state index contributed by atoms with van der Waals surface area (Å²) in [5.74, 6) is 1.88. The summed E-state index contributed by atoms with van der Waals surface area (Å²) in [6.45, 7) is 0.951. The highest BCUT2D eigenvalue weighted by Gasteiger charge is 2.40. The minimum atomic E-state index is 0.219. The second-order valence-electron chi connectivity index (χ2n) is 7.25. The predicted octanol–water partition coefficient (Wildman–Crippen LogP) is 4.12. The molecule has 3 rings (SSSR count). The Morgan fingerprint density at radius 3 is 2.55 bits per heavy atom. The number of hydrogen-bond acceptors (Lipinski definition) is 3. The van der Waals surface area contributed by atoms with Gasteiger partial charge in [0.1, 0.15) is 0 Å². The molecule has 0 amide bonds. The Bertz CT molecular complexity index is 292. The molecule has 3 heteroatoms. The van der Waals surface area contributed by atoms with Gasteiger partial charge in [0.25, 0.3) is 0 Å². The van der Waals surface area contributed by atoms with Crippen molar-refractivity contribution in [3.63, 3.8) is 0 Å². The molecule has 0 aromatic rings. The van der Waals surface area contributed by atoms with Crippen molar-refractivity contribution in [2.24, 2.45) is 11.7 Å². The van der Waals surface area contributed by atoms with Crippen molar-refractivity contribution in [1.29, 1.82) is 0 Å².